The fourth-order valence-electron chi connectivity index (χ4n) is 3.37. The van der Waals surface area contributed by atoms with E-state index in [4.69, 9.17) is 9.47 Å². The van der Waals surface area contributed by atoms with Crippen molar-refractivity contribution in [1.82, 2.24) is 5.32 Å². The molecule has 0 heterocycles. The Balaban J connectivity index is 1.61. The van der Waals surface area contributed by atoms with Crippen molar-refractivity contribution in [3.8, 4) is 17.6 Å². The molecule has 36 heavy (non-hydrogen) atoms. The van der Waals surface area contributed by atoms with Crippen LogP contribution < -0.4 is 20.1 Å². The van der Waals surface area contributed by atoms with Crippen LogP contribution in [0.4, 0.5) is 5.69 Å². The first-order chi connectivity index (χ1) is 17.5. The Morgan fingerprint density at radius 1 is 1.06 bits per heavy atom. The molecule has 0 aliphatic rings. The highest BCUT2D eigenvalue weighted by atomic mass is 127. The third-order valence-corrected chi connectivity index (χ3v) is 5.90. The minimum absolute atomic E-state index is 0.0107. The average molecular weight is 595 g/mol. The highest BCUT2D eigenvalue weighted by Gasteiger charge is 2.15. The van der Waals surface area contributed by atoms with Crippen molar-refractivity contribution in [2.75, 3.05) is 25.6 Å². The number of benzene rings is 3. The van der Waals surface area contributed by atoms with E-state index in [9.17, 15) is 14.9 Å². The quantitative estimate of drug-likeness (QED) is 0.141. The molecule has 7 nitrogen and oxygen atoms in total. The van der Waals surface area contributed by atoms with Crippen LogP contribution in [0.2, 0.25) is 0 Å². The van der Waals surface area contributed by atoms with Gasteiger partial charge < -0.3 is 20.1 Å². The van der Waals surface area contributed by atoms with Crippen LogP contribution in [0.25, 0.3) is 6.08 Å². The molecule has 0 aliphatic carbocycles. The molecule has 2 N–H and O–H groups in total. The van der Waals surface area contributed by atoms with E-state index in [1.807, 2.05) is 54.6 Å². The molecule has 3 rings (SSSR count). The van der Waals surface area contributed by atoms with Gasteiger partial charge in [-0.05, 0) is 76.9 Å². The summed E-state index contributed by atoms with van der Waals surface area (Å²) in [6.07, 6.45) is 3.11. The molecule has 8 heteroatoms. The lowest BCUT2D eigenvalue weighted by Gasteiger charge is -2.14. The third-order valence-electron chi connectivity index (χ3n) is 5.10. The number of nitrogens with zero attached hydrogens (tertiary/aromatic N) is 1. The largest absolute Gasteiger partial charge is 0.493 e. The Morgan fingerprint density at radius 3 is 2.42 bits per heavy atom. The van der Waals surface area contributed by atoms with E-state index >= 15 is 0 Å². The van der Waals surface area contributed by atoms with Gasteiger partial charge >= 0.3 is 0 Å². The number of amides is 2. The van der Waals surface area contributed by atoms with Gasteiger partial charge in [-0.1, -0.05) is 48.5 Å². The summed E-state index contributed by atoms with van der Waals surface area (Å²) < 4.78 is 11.8. The van der Waals surface area contributed by atoms with E-state index < -0.39 is 5.91 Å². The summed E-state index contributed by atoms with van der Waals surface area (Å²) >= 11 is 2.07. The van der Waals surface area contributed by atoms with Gasteiger partial charge in [0.15, 0.2) is 18.1 Å². The number of ether oxygens (including phenoxy) is 2. The van der Waals surface area contributed by atoms with E-state index in [0.717, 1.165) is 12.8 Å². The summed E-state index contributed by atoms with van der Waals surface area (Å²) in [7, 11) is 1.49. The van der Waals surface area contributed by atoms with Gasteiger partial charge in [0.1, 0.15) is 11.6 Å². The fourth-order valence-corrected chi connectivity index (χ4v) is 4.15. The smallest absolute Gasteiger partial charge is 0.262 e. The van der Waals surface area contributed by atoms with E-state index in [1.165, 1.54) is 18.7 Å². The van der Waals surface area contributed by atoms with Gasteiger partial charge in [-0.2, -0.15) is 5.26 Å². The average Bonchev–Trinajstić information content (AvgIpc) is 2.89. The summed E-state index contributed by atoms with van der Waals surface area (Å²) in [5, 5.41) is 15.1. The second-order valence-electron chi connectivity index (χ2n) is 7.75. The minimum Gasteiger partial charge on any atom is -0.493 e. The van der Waals surface area contributed by atoms with E-state index in [1.54, 1.807) is 24.3 Å². The van der Waals surface area contributed by atoms with Gasteiger partial charge in [0.25, 0.3) is 11.8 Å². The molecule has 0 bridgehead atoms. The number of methoxy groups -OCH3 is 1. The Hall–Kier alpha value is -3.84. The van der Waals surface area contributed by atoms with Crippen molar-refractivity contribution >= 4 is 46.2 Å². The molecular formula is C28H26IN3O4. The van der Waals surface area contributed by atoms with Crippen molar-refractivity contribution in [3.63, 3.8) is 0 Å². The molecule has 0 saturated heterocycles. The van der Waals surface area contributed by atoms with Crippen LogP contribution >= 0.6 is 22.6 Å². The van der Waals surface area contributed by atoms with Crippen molar-refractivity contribution in [2.24, 2.45) is 0 Å². The zero-order chi connectivity index (χ0) is 25.8. The Morgan fingerprint density at radius 2 is 1.75 bits per heavy atom. The molecule has 2 amide bonds. The first-order valence-corrected chi connectivity index (χ1v) is 12.4. The number of aryl methyl sites for hydroxylation is 1. The van der Waals surface area contributed by atoms with Crippen molar-refractivity contribution in [2.45, 2.75) is 12.8 Å². The standard InChI is InChI=1S/C28H26IN3O4/c1-35-25-17-21(15-22(18-30)28(34)31-14-8-11-20-9-4-2-5-10-20)16-24(29)27(25)36-19-26(33)32-23-12-6-3-7-13-23/h2-7,9-10,12-13,15-17H,8,11,14,19H2,1H3,(H,31,34)(H,32,33)/b22-15-. The number of carbonyl (C=O) groups is 2. The maximum atomic E-state index is 12.5. The third kappa shape index (κ3) is 8.13. The highest BCUT2D eigenvalue weighted by Crippen LogP contribution is 2.34. The van der Waals surface area contributed by atoms with Crippen molar-refractivity contribution in [3.05, 3.63) is 93.1 Å². The van der Waals surface area contributed by atoms with Crippen LogP contribution in [0.5, 0.6) is 11.5 Å². The van der Waals surface area contributed by atoms with Crippen LogP contribution in [0, 0.1) is 14.9 Å². The molecule has 3 aromatic rings. The van der Waals surface area contributed by atoms with Gasteiger partial charge in [0.05, 0.1) is 10.7 Å². The van der Waals surface area contributed by atoms with Crippen LogP contribution in [0.15, 0.2) is 78.4 Å². The highest BCUT2D eigenvalue weighted by molar-refractivity contribution is 14.1. The Bertz CT molecular complexity index is 1260. The van der Waals surface area contributed by atoms with Crippen molar-refractivity contribution < 1.29 is 19.1 Å². The van der Waals surface area contributed by atoms with E-state index in [0.29, 0.717) is 32.9 Å². The second-order valence-corrected chi connectivity index (χ2v) is 8.91. The van der Waals surface area contributed by atoms with Crippen LogP contribution in [-0.4, -0.2) is 32.1 Å². The predicted octanol–water partition coefficient (Wildman–Crippen LogP) is 4.97. The topological polar surface area (TPSA) is 100 Å². The normalized spacial score (nSPS) is 10.8. The number of hydrogen-bond acceptors (Lipinski definition) is 5. The van der Waals surface area contributed by atoms with Gasteiger partial charge in [-0.15, -0.1) is 0 Å². The molecule has 0 aliphatic heterocycles. The summed E-state index contributed by atoms with van der Waals surface area (Å²) in [6, 6.07) is 24.5. The van der Waals surface area contributed by atoms with Crippen molar-refractivity contribution in [1.29, 1.82) is 5.26 Å². The lowest BCUT2D eigenvalue weighted by Crippen LogP contribution is -2.25. The zero-order valence-corrected chi connectivity index (χ0v) is 21.9. The first kappa shape index (κ1) is 26.8. The number of carbonyl (C=O) groups excluding carboxylic acids is 2. The molecule has 0 saturated carbocycles. The summed E-state index contributed by atoms with van der Waals surface area (Å²) in [5.41, 5.74) is 2.47. The number of halogens is 1. The van der Waals surface area contributed by atoms with Gasteiger partial charge in [-0.3, -0.25) is 9.59 Å². The number of hydrogen-bond donors (Lipinski definition) is 2. The van der Waals surface area contributed by atoms with Crippen LogP contribution in [0.1, 0.15) is 17.5 Å². The maximum Gasteiger partial charge on any atom is 0.262 e. The zero-order valence-electron chi connectivity index (χ0n) is 19.8. The monoisotopic (exact) mass is 595 g/mol. The molecule has 3 aromatic carbocycles. The fraction of sp³-hybridized carbons (Fsp3) is 0.179. The van der Waals surface area contributed by atoms with Crippen LogP contribution in [0.3, 0.4) is 0 Å². The second kappa shape index (κ2) is 13.9. The first-order valence-electron chi connectivity index (χ1n) is 11.3. The minimum atomic E-state index is -0.433. The maximum absolute atomic E-state index is 12.5. The number of para-hydroxylation sites is 1. The summed E-state index contributed by atoms with van der Waals surface area (Å²) in [6.45, 7) is 0.261. The molecule has 0 aromatic heterocycles. The summed E-state index contributed by atoms with van der Waals surface area (Å²) in [4.78, 5) is 24.8. The number of rotatable bonds is 11. The number of anilines is 1. The molecule has 0 fully saturated rings. The molecular weight excluding hydrogens is 569 g/mol. The lowest BCUT2D eigenvalue weighted by molar-refractivity contribution is -0.118. The lowest BCUT2D eigenvalue weighted by atomic mass is 10.1. The van der Waals surface area contributed by atoms with E-state index in [2.05, 4.69) is 33.2 Å². The van der Waals surface area contributed by atoms with E-state index in [-0.39, 0.29) is 18.1 Å². The predicted molar refractivity (Wildman–Crippen MR) is 148 cm³/mol. The molecule has 184 valence electrons. The van der Waals surface area contributed by atoms with Gasteiger partial charge in [0.2, 0.25) is 0 Å². The molecule has 0 atom stereocenters. The van der Waals surface area contributed by atoms with Gasteiger partial charge in [-0.25, -0.2) is 0 Å². The molecule has 0 radical (unpaired) electrons. The van der Waals surface area contributed by atoms with Crippen LogP contribution in [-0.2, 0) is 16.0 Å². The Kier molecular flexibility index (Phi) is 10.3. The van der Waals surface area contributed by atoms with Gasteiger partial charge in [0, 0.05) is 12.2 Å². The SMILES string of the molecule is COc1cc(/C=C(/C#N)C(=O)NCCCc2ccccc2)cc(I)c1OCC(=O)Nc1ccccc1. The number of nitriles is 1. The molecule has 0 unspecified atom stereocenters. The summed E-state index contributed by atoms with van der Waals surface area (Å²) in [5.74, 6) is 0.0553. The number of nitrogens with one attached hydrogen (secondary N) is 2. The Labute approximate surface area is 224 Å². The molecule has 0 spiro atoms.